The highest BCUT2D eigenvalue weighted by atomic mass is 35.5. The second-order valence-electron chi connectivity index (χ2n) is 1.95. The summed E-state index contributed by atoms with van der Waals surface area (Å²) in [4.78, 5) is 0. The van der Waals surface area contributed by atoms with Gasteiger partial charge in [-0.1, -0.05) is 11.6 Å². The van der Waals surface area contributed by atoms with Crippen molar-refractivity contribution >= 4 is 17.3 Å². The van der Waals surface area contributed by atoms with Crippen molar-refractivity contribution in [1.29, 1.82) is 5.26 Å². The molecule has 4 heteroatoms. The van der Waals surface area contributed by atoms with Gasteiger partial charge in [-0.2, -0.15) is 5.26 Å². The van der Waals surface area contributed by atoms with Crippen LogP contribution in [0.5, 0.6) is 0 Å². The third kappa shape index (κ3) is 1.61. The summed E-state index contributed by atoms with van der Waals surface area (Å²) in [6.45, 7) is 0. The zero-order chi connectivity index (χ0) is 8.27. The van der Waals surface area contributed by atoms with Crippen LogP contribution in [0.15, 0.2) is 18.2 Å². The van der Waals surface area contributed by atoms with E-state index in [2.05, 4.69) is 5.43 Å². The Labute approximate surface area is 69.4 Å². The Kier molecular flexibility index (Phi) is 2.32. The Morgan fingerprint density at radius 2 is 2.27 bits per heavy atom. The van der Waals surface area contributed by atoms with Crippen LogP contribution in [0.1, 0.15) is 5.56 Å². The lowest BCUT2D eigenvalue weighted by molar-refractivity contribution is 1.33. The molecule has 3 nitrogen and oxygen atoms in total. The van der Waals surface area contributed by atoms with Crippen molar-refractivity contribution in [2.75, 3.05) is 5.43 Å². The van der Waals surface area contributed by atoms with Crippen LogP contribution >= 0.6 is 11.6 Å². The van der Waals surface area contributed by atoms with Gasteiger partial charge < -0.3 is 5.43 Å². The van der Waals surface area contributed by atoms with Crippen LogP contribution in [0.4, 0.5) is 5.69 Å². The van der Waals surface area contributed by atoms with Crippen LogP contribution < -0.4 is 11.3 Å². The number of nitriles is 1. The summed E-state index contributed by atoms with van der Waals surface area (Å²) in [5.74, 6) is 5.13. The third-order valence-corrected chi connectivity index (χ3v) is 1.49. The minimum atomic E-state index is 0.444. The molecule has 0 aliphatic carbocycles. The van der Waals surface area contributed by atoms with E-state index in [1.165, 1.54) is 0 Å². The first-order chi connectivity index (χ1) is 5.27. The summed E-state index contributed by atoms with van der Waals surface area (Å²) >= 11 is 5.63. The molecule has 0 saturated carbocycles. The molecule has 0 saturated heterocycles. The summed E-state index contributed by atoms with van der Waals surface area (Å²) in [5.41, 5.74) is 3.42. The average Bonchev–Trinajstić information content (AvgIpc) is 2.04. The van der Waals surface area contributed by atoms with Gasteiger partial charge in [-0.25, -0.2) is 0 Å². The first kappa shape index (κ1) is 7.86. The van der Waals surface area contributed by atoms with Crippen LogP contribution in [0.2, 0.25) is 5.02 Å². The molecule has 0 fully saturated rings. The Bertz CT molecular complexity index is 303. The van der Waals surface area contributed by atoms with E-state index in [0.717, 1.165) is 0 Å². The molecule has 0 amide bonds. The maximum Gasteiger partial charge on any atom is 0.101 e. The third-order valence-electron chi connectivity index (χ3n) is 1.26. The van der Waals surface area contributed by atoms with Crippen molar-refractivity contribution < 1.29 is 0 Å². The van der Waals surface area contributed by atoms with Crippen LogP contribution in [0, 0.1) is 11.3 Å². The Morgan fingerprint density at radius 1 is 1.55 bits per heavy atom. The molecule has 0 unspecified atom stereocenters. The van der Waals surface area contributed by atoms with Gasteiger partial charge in [-0.15, -0.1) is 0 Å². The lowest BCUT2D eigenvalue weighted by Crippen LogP contribution is -2.07. The molecule has 56 valence electrons. The molecule has 0 atom stereocenters. The number of hydrogen-bond acceptors (Lipinski definition) is 3. The molecule has 1 aromatic carbocycles. The predicted octanol–water partition coefficient (Wildman–Crippen LogP) is 1.50. The van der Waals surface area contributed by atoms with E-state index in [1.807, 2.05) is 6.07 Å². The number of halogens is 1. The van der Waals surface area contributed by atoms with E-state index in [1.54, 1.807) is 18.2 Å². The van der Waals surface area contributed by atoms with Gasteiger partial charge in [0.2, 0.25) is 0 Å². The Morgan fingerprint density at radius 3 is 2.82 bits per heavy atom. The molecule has 1 aromatic rings. The molecule has 0 aromatic heterocycles. The van der Waals surface area contributed by atoms with Crippen molar-refractivity contribution in [3.8, 4) is 6.07 Å². The molecule has 1 rings (SSSR count). The number of nitrogens with two attached hydrogens (primary N) is 1. The van der Waals surface area contributed by atoms with Crippen LogP contribution in [-0.4, -0.2) is 0 Å². The number of nitrogens with one attached hydrogen (secondary N) is 1. The molecule has 0 radical (unpaired) electrons. The highest BCUT2D eigenvalue weighted by Gasteiger charge is 1.99. The number of nitrogens with zero attached hydrogens (tertiary/aromatic N) is 1. The summed E-state index contributed by atoms with van der Waals surface area (Å²) in [6.07, 6.45) is 0. The molecular weight excluding hydrogens is 162 g/mol. The quantitative estimate of drug-likeness (QED) is 0.492. The van der Waals surface area contributed by atoms with Crippen molar-refractivity contribution in [3.63, 3.8) is 0 Å². The lowest BCUT2D eigenvalue weighted by atomic mass is 10.2. The van der Waals surface area contributed by atoms with Crippen molar-refractivity contribution in [2.45, 2.75) is 0 Å². The largest absolute Gasteiger partial charge is 0.323 e. The maximum atomic E-state index is 8.57. The lowest BCUT2D eigenvalue weighted by Gasteiger charge is -2.01. The standard InChI is InChI=1S/C7H6ClN3/c8-6-1-2-7(11-10)5(3-6)4-9/h1-3,11H,10H2. The molecule has 0 spiro atoms. The summed E-state index contributed by atoms with van der Waals surface area (Å²) in [5, 5.41) is 9.10. The fourth-order valence-corrected chi connectivity index (χ4v) is 0.907. The minimum Gasteiger partial charge on any atom is -0.323 e. The molecular formula is C7H6ClN3. The van der Waals surface area contributed by atoms with Gasteiger partial charge in [0.05, 0.1) is 11.3 Å². The van der Waals surface area contributed by atoms with E-state index in [4.69, 9.17) is 22.7 Å². The van der Waals surface area contributed by atoms with Gasteiger partial charge in [0, 0.05) is 5.02 Å². The van der Waals surface area contributed by atoms with E-state index in [9.17, 15) is 0 Å². The van der Waals surface area contributed by atoms with Crippen LogP contribution in [0.25, 0.3) is 0 Å². The fourth-order valence-electron chi connectivity index (χ4n) is 0.735. The van der Waals surface area contributed by atoms with E-state index >= 15 is 0 Å². The van der Waals surface area contributed by atoms with Crippen molar-refractivity contribution in [2.24, 2.45) is 5.84 Å². The highest BCUT2D eigenvalue weighted by Crippen LogP contribution is 2.18. The number of nitrogen functional groups attached to an aromatic ring is 1. The second kappa shape index (κ2) is 3.24. The SMILES string of the molecule is N#Cc1cc(Cl)ccc1NN. The highest BCUT2D eigenvalue weighted by molar-refractivity contribution is 6.30. The van der Waals surface area contributed by atoms with Crippen molar-refractivity contribution in [1.82, 2.24) is 0 Å². The zero-order valence-electron chi connectivity index (χ0n) is 5.63. The molecule has 0 aliphatic rings. The zero-order valence-corrected chi connectivity index (χ0v) is 6.39. The smallest absolute Gasteiger partial charge is 0.101 e. The van der Waals surface area contributed by atoms with E-state index < -0.39 is 0 Å². The van der Waals surface area contributed by atoms with Gasteiger partial charge in [-0.3, -0.25) is 5.84 Å². The number of hydrazine groups is 1. The predicted molar refractivity (Wildman–Crippen MR) is 44.0 cm³/mol. The molecule has 0 aliphatic heterocycles. The van der Waals surface area contributed by atoms with Gasteiger partial charge in [0.1, 0.15) is 6.07 Å². The summed E-state index contributed by atoms with van der Waals surface area (Å²) in [7, 11) is 0. The van der Waals surface area contributed by atoms with Crippen molar-refractivity contribution in [3.05, 3.63) is 28.8 Å². The minimum absolute atomic E-state index is 0.444. The van der Waals surface area contributed by atoms with E-state index in [-0.39, 0.29) is 0 Å². The topological polar surface area (TPSA) is 61.8 Å². The monoisotopic (exact) mass is 167 g/mol. The number of benzene rings is 1. The number of anilines is 1. The molecule has 0 heterocycles. The van der Waals surface area contributed by atoms with Gasteiger partial charge in [0.25, 0.3) is 0 Å². The van der Waals surface area contributed by atoms with E-state index in [0.29, 0.717) is 16.3 Å². The molecule has 11 heavy (non-hydrogen) atoms. The second-order valence-corrected chi connectivity index (χ2v) is 2.38. The van der Waals surface area contributed by atoms with Crippen LogP contribution in [-0.2, 0) is 0 Å². The Hall–Kier alpha value is -1.24. The van der Waals surface area contributed by atoms with Gasteiger partial charge >= 0.3 is 0 Å². The summed E-state index contributed by atoms with van der Waals surface area (Å²) in [6, 6.07) is 6.83. The first-order valence-electron chi connectivity index (χ1n) is 2.94. The normalized spacial score (nSPS) is 8.82. The first-order valence-corrected chi connectivity index (χ1v) is 3.32. The Balaban J connectivity index is 3.19. The van der Waals surface area contributed by atoms with Gasteiger partial charge in [0.15, 0.2) is 0 Å². The number of rotatable bonds is 1. The number of hydrogen-bond donors (Lipinski definition) is 2. The fraction of sp³-hybridized carbons (Fsp3) is 0. The molecule has 0 bridgehead atoms. The average molecular weight is 168 g/mol. The maximum absolute atomic E-state index is 8.57. The molecule has 3 N–H and O–H groups in total. The van der Waals surface area contributed by atoms with Gasteiger partial charge in [-0.05, 0) is 18.2 Å². The van der Waals surface area contributed by atoms with Crippen LogP contribution in [0.3, 0.4) is 0 Å². The summed E-state index contributed by atoms with van der Waals surface area (Å²) < 4.78 is 0.